The number of benzene rings is 2. The Bertz CT molecular complexity index is 664. The number of nitriles is 1. The van der Waals surface area contributed by atoms with Crippen LogP contribution in [0, 0.1) is 17.1 Å². The van der Waals surface area contributed by atoms with Crippen LogP contribution >= 0.6 is 0 Å². The first-order chi connectivity index (χ1) is 10.2. The first-order valence-corrected chi connectivity index (χ1v) is 6.73. The summed E-state index contributed by atoms with van der Waals surface area (Å²) in [5.74, 6) is 0.271. The van der Waals surface area contributed by atoms with Gasteiger partial charge < -0.3 is 10.1 Å². The van der Waals surface area contributed by atoms with Crippen LogP contribution in [0.25, 0.3) is 0 Å². The molecule has 0 radical (unpaired) electrons. The molecule has 0 amide bonds. The van der Waals surface area contributed by atoms with Crippen LogP contribution in [-0.4, -0.2) is 7.05 Å². The Labute approximate surface area is 124 Å². The van der Waals surface area contributed by atoms with Gasteiger partial charge in [0.2, 0.25) is 0 Å². The van der Waals surface area contributed by atoms with Crippen LogP contribution in [-0.2, 0) is 6.61 Å². The predicted octanol–water partition coefficient (Wildman–Crippen LogP) is 3.56. The minimum atomic E-state index is -0.509. The van der Waals surface area contributed by atoms with Crippen LogP contribution in [0.2, 0.25) is 0 Å². The van der Waals surface area contributed by atoms with Gasteiger partial charge in [0, 0.05) is 11.6 Å². The highest BCUT2D eigenvalue weighted by Crippen LogP contribution is 2.25. The van der Waals surface area contributed by atoms with Crippen molar-refractivity contribution in [2.75, 3.05) is 7.05 Å². The summed E-state index contributed by atoms with van der Waals surface area (Å²) < 4.78 is 19.1. The summed E-state index contributed by atoms with van der Waals surface area (Å²) in [4.78, 5) is 0. The summed E-state index contributed by atoms with van der Waals surface area (Å²) in [6, 6.07) is 14.2. The van der Waals surface area contributed by atoms with Crippen LogP contribution in [0.5, 0.6) is 5.75 Å². The van der Waals surface area contributed by atoms with Crippen molar-refractivity contribution in [2.24, 2.45) is 0 Å². The highest BCUT2D eigenvalue weighted by molar-refractivity contribution is 5.37. The summed E-state index contributed by atoms with van der Waals surface area (Å²) in [6.07, 6.45) is 0. The molecule has 108 valence electrons. The maximum Gasteiger partial charge on any atom is 0.140 e. The normalized spacial score (nSPS) is 11.7. The van der Waals surface area contributed by atoms with Gasteiger partial charge in [-0.1, -0.05) is 24.3 Å². The number of nitrogens with zero attached hydrogens (tertiary/aromatic N) is 1. The molecule has 0 aliphatic rings. The second kappa shape index (κ2) is 6.87. The van der Waals surface area contributed by atoms with Crippen molar-refractivity contribution >= 4 is 0 Å². The van der Waals surface area contributed by atoms with Gasteiger partial charge >= 0.3 is 0 Å². The average Bonchev–Trinajstić information content (AvgIpc) is 2.53. The average molecular weight is 284 g/mol. The summed E-state index contributed by atoms with van der Waals surface area (Å²) in [7, 11) is 1.89. The van der Waals surface area contributed by atoms with Crippen molar-refractivity contribution in [1.29, 1.82) is 5.26 Å². The molecule has 4 heteroatoms. The molecule has 0 bridgehead atoms. The van der Waals surface area contributed by atoms with Gasteiger partial charge in [0.1, 0.15) is 24.2 Å². The molecule has 2 aromatic carbocycles. The molecule has 0 aromatic heterocycles. The number of rotatable bonds is 5. The number of hydrogen-bond donors (Lipinski definition) is 1. The lowest BCUT2D eigenvalue weighted by Gasteiger charge is -2.16. The molecular weight excluding hydrogens is 267 g/mol. The lowest BCUT2D eigenvalue weighted by molar-refractivity contribution is 0.300. The third-order valence-corrected chi connectivity index (χ3v) is 3.36. The van der Waals surface area contributed by atoms with E-state index in [9.17, 15) is 4.39 Å². The number of nitrogens with one attached hydrogen (secondary N) is 1. The molecule has 1 unspecified atom stereocenters. The molecule has 1 N–H and O–H groups in total. The third-order valence-electron chi connectivity index (χ3n) is 3.36. The maximum atomic E-state index is 13.3. The van der Waals surface area contributed by atoms with Crippen LogP contribution in [0.1, 0.15) is 29.7 Å². The molecule has 0 saturated carbocycles. The molecule has 0 fully saturated rings. The molecule has 3 nitrogen and oxygen atoms in total. The Kier molecular flexibility index (Phi) is 4.91. The smallest absolute Gasteiger partial charge is 0.140 e. The van der Waals surface area contributed by atoms with E-state index >= 15 is 0 Å². The molecule has 0 spiro atoms. The van der Waals surface area contributed by atoms with E-state index in [1.54, 1.807) is 6.07 Å². The Morgan fingerprint density at radius 2 is 2.05 bits per heavy atom. The minimum absolute atomic E-state index is 0.0352. The summed E-state index contributed by atoms with van der Waals surface area (Å²) >= 11 is 0. The van der Waals surface area contributed by atoms with Crippen LogP contribution in [0.4, 0.5) is 4.39 Å². The maximum absolute atomic E-state index is 13.3. The summed E-state index contributed by atoms with van der Waals surface area (Å²) in [5.41, 5.74) is 1.86. The van der Waals surface area contributed by atoms with E-state index in [1.165, 1.54) is 12.1 Å². The topological polar surface area (TPSA) is 45.0 Å². The first kappa shape index (κ1) is 15.0. The number of hydrogen-bond acceptors (Lipinski definition) is 3. The van der Waals surface area contributed by atoms with Crippen LogP contribution < -0.4 is 10.1 Å². The molecule has 0 heterocycles. The third kappa shape index (κ3) is 3.59. The van der Waals surface area contributed by atoms with Gasteiger partial charge in [0.25, 0.3) is 0 Å². The van der Waals surface area contributed by atoms with E-state index in [0.29, 0.717) is 6.61 Å². The Hall–Kier alpha value is -2.38. The quantitative estimate of drug-likeness (QED) is 0.913. The number of para-hydroxylation sites is 1. The Morgan fingerprint density at radius 3 is 2.76 bits per heavy atom. The lowest BCUT2D eigenvalue weighted by Crippen LogP contribution is -2.13. The highest BCUT2D eigenvalue weighted by Gasteiger charge is 2.10. The molecule has 0 saturated heterocycles. The fraction of sp³-hybridized carbons (Fsp3) is 0.235. The monoisotopic (exact) mass is 284 g/mol. The fourth-order valence-electron chi connectivity index (χ4n) is 2.03. The van der Waals surface area contributed by atoms with Gasteiger partial charge in [-0.05, 0) is 37.7 Å². The lowest BCUT2D eigenvalue weighted by atomic mass is 10.1. The van der Waals surface area contributed by atoms with E-state index < -0.39 is 5.82 Å². The van der Waals surface area contributed by atoms with Crippen molar-refractivity contribution < 1.29 is 9.13 Å². The SMILES string of the molecule is CNC(C)c1ccccc1OCc1ccc(F)c(C#N)c1. The number of halogens is 1. The Balaban J connectivity index is 2.15. The van der Waals surface area contributed by atoms with Crippen molar-refractivity contribution in [3.8, 4) is 11.8 Å². The molecular formula is C17H17FN2O. The van der Waals surface area contributed by atoms with Crippen molar-refractivity contribution in [3.05, 3.63) is 65.0 Å². The standard InChI is InChI=1S/C17H17FN2O/c1-12(20-2)15-5-3-4-6-17(15)21-11-13-7-8-16(18)14(9-13)10-19/h3-9,12,20H,11H2,1-2H3. The van der Waals surface area contributed by atoms with Crippen LogP contribution in [0.3, 0.4) is 0 Å². The van der Waals surface area contributed by atoms with E-state index in [-0.39, 0.29) is 11.6 Å². The van der Waals surface area contributed by atoms with Gasteiger partial charge in [-0.25, -0.2) is 4.39 Å². The van der Waals surface area contributed by atoms with Crippen molar-refractivity contribution in [1.82, 2.24) is 5.32 Å². The zero-order valence-corrected chi connectivity index (χ0v) is 12.1. The zero-order chi connectivity index (χ0) is 15.2. The molecule has 0 aliphatic heterocycles. The van der Waals surface area contributed by atoms with E-state index in [1.807, 2.05) is 44.3 Å². The first-order valence-electron chi connectivity index (χ1n) is 6.73. The van der Waals surface area contributed by atoms with Gasteiger partial charge in [-0.2, -0.15) is 5.26 Å². The molecule has 0 aliphatic carbocycles. The molecule has 2 aromatic rings. The van der Waals surface area contributed by atoms with Gasteiger partial charge in [0.05, 0.1) is 5.56 Å². The van der Waals surface area contributed by atoms with Crippen LogP contribution in [0.15, 0.2) is 42.5 Å². The zero-order valence-electron chi connectivity index (χ0n) is 12.1. The fourth-order valence-corrected chi connectivity index (χ4v) is 2.03. The second-order valence-corrected chi connectivity index (χ2v) is 4.76. The second-order valence-electron chi connectivity index (χ2n) is 4.76. The van der Waals surface area contributed by atoms with Crippen molar-refractivity contribution in [3.63, 3.8) is 0 Å². The van der Waals surface area contributed by atoms with Gasteiger partial charge in [0.15, 0.2) is 0 Å². The Morgan fingerprint density at radius 1 is 1.29 bits per heavy atom. The number of ether oxygens (including phenoxy) is 1. The van der Waals surface area contributed by atoms with E-state index in [4.69, 9.17) is 10.00 Å². The predicted molar refractivity (Wildman–Crippen MR) is 79.4 cm³/mol. The van der Waals surface area contributed by atoms with Gasteiger partial charge in [-0.3, -0.25) is 0 Å². The largest absolute Gasteiger partial charge is 0.489 e. The molecule has 21 heavy (non-hydrogen) atoms. The molecule has 1 atom stereocenters. The van der Waals surface area contributed by atoms with Crippen molar-refractivity contribution in [2.45, 2.75) is 19.6 Å². The van der Waals surface area contributed by atoms with E-state index in [2.05, 4.69) is 5.32 Å². The summed E-state index contributed by atoms with van der Waals surface area (Å²) in [6.45, 7) is 2.34. The highest BCUT2D eigenvalue weighted by atomic mass is 19.1. The molecule has 2 rings (SSSR count). The van der Waals surface area contributed by atoms with E-state index in [0.717, 1.165) is 16.9 Å². The minimum Gasteiger partial charge on any atom is -0.489 e. The summed E-state index contributed by atoms with van der Waals surface area (Å²) in [5, 5.41) is 12.0. The van der Waals surface area contributed by atoms with Gasteiger partial charge in [-0.15, -0.1) is 0 Å².